The number of rotatable bonds is 6. The van der Waals surface area contributed by atoms with Gasteiger partial charge in [0.05, 0.1) is 24.6 Å². The van der Waals surface area contributed by atoms with Gasteiger partial charge in [-0.1, -0.05) is 12.1 Å². The Morgan fingerprint density at radius 3 is 2.59 bits per heavy atom. The second-order valence-electron chi connectivity index (χ2n) is 6.72. The van der Waals surface area contributed by atoms with Gasteiger partial charge in [-0.3, -0.25) is 5.43 Å². The molecule has 9 nitrogen and oxygen atoms in total. The summed E-state index contributed by atoms with van der Waals surface area (Å²) < 4.78 is 5.49. The molecule has 10 heteroatoms. The Morgan fingerprint density at radius 1 is 1.24 bits per heavy atom. The molecule has 1 aliphatic rings. The number of thiocarbonyl (C=S) groups is 1. The number of hydrogen-bond donors (Lipinski definition) is 2. The summed E-state index contributed by atoms with van der Waals surface area (Å²) in [6, 6.07) is 8.09. The van der Waals surface area contributed by atoms with E-state index in [1.165, 1.54) is 0 Å². The molecule has 29 heavy (non-hydrogen) atoms. The Labute approximate surface area is 176 Å². The van der Waals surface area contributed by atoms with Gasteiger partial charge in [0.25, 0.3) is 0 Å². The Kier molecular flexibility index (Phi) is 6.65. The average Bonchev–Trinajstić information content (AvgIpc) is 2.73. The van der Waals surface area contributed by atoms with Crippen molar-refractivity contribution in [2.24, 2.45) is 10.8 Å². The molecule has 3 N–H and O–H groups in total. The molecule has 1 aromatic heterocycles. The second-order valence-corrected chi connectivity index (χ2v) is 7.16. The smallest absolute Gasteiger partial charge is 0.227 e. The van der Waals surface area contributed by atoms with Crippen molar-refractivity contribution in [1.82, 2.24) is 15.4 Å². The normalized spacial score (nSPS) is 14.2. The number of hydrogen-bond acceptors (Lipinski definition) is 8. The quantitative estimate of drug-likeness (QED) is 0.408. The van der Waals surface area contributed by atoms with E-state index in [9.17, 15) is 0 Å². The van der Waals surface area contributed by atoms with Gasteiger partial charge in [-0.05, 0) is 24.4 Å². The van der Waals surface area contributed by atoms with E-state index in [0.29, 0.717) is 5.95 Å². The molecule has 1 saturated heterocycles. The number of ether oxygens (including phenoxy) is 1. The highest BCUT2D eigenvalue weighted by atomic mass is 32.1. The average molecular weight is 415 g/mol. The molecule has 0 saturated carbocycles. The molecule has 1 fully saturated rings. The number of nitrogens with zero attached hydrogens (tertiary/aromatic N) is 6. The van der Waals surface area contributed by atoms with Crippen LogP contribution in [-0.2, 0) is 0 Å². The van der Waals surface area contributed by atoms with Crippen molar-refractivity contribution in [1.29, 1.82) is 0 Å². The molecule has 0 amide bonds. The molecule has 0 spiro atoms. The van der Waals surface area contributed by atoms with Gasteiger partial charge < -0.3 is 25.2 Å². The van der Waals surface area contributed by atoms with E-state index >= 15 is 0 Å². The Balaban J connectivity index is 1.72. The lowest BCUT2D eigenvalue weighted by Crippen LogP contribution is -2.47. The number of anilines is 3. The minimum atomic E-state index is 0.109. The van der Waals surface area contributed by atoms with Crippen LogP contribution in [0.15, 0.2) is 35.6 Å². The molecular weight excluding hydrogens is 388 g/mol. The molecule has 1 aliphatic heterocycles. The van der Waals surface area contributed by atoms with Crippen LogP contribution < -0.4 is 30.6 Å². The van der Waals surface area contributed by atoms with E-state index in [1.54, 1.807) is 19.5 Å². The van der Waals surface area contributed by atoms with Crippen molar-refractivity contribution in [3.05, 3.63) is 36.0 Å². The van der Waals surface area contributed by atoms with Crippen molar-refractivity contribution in [2.45, 2.75) is 0 Å². The third-order valence-corrected chi connectivity index (χ3v) is 4.66. The van der Waals surface area contributed by atoms with E-state index in [1.807, 2.05) is 37.2 Å². The van der Waals surface area contributed by atoms with Crippen LogP contribution in [0.5, 0.6) is 5.75 Å². The van der Waals surface area contributed by atoms with E-state index in [0.717, 1.165) is 49.0 Å². The van der Waals surface area contributed by atoms with E-state index in [-0.39, 0.29) is 5.11 Å². The van der Waals surface area contributed by atoms with Crippen LogP contribution in [0.2, 0.25) is 0 Å². The van der Waals surface area contributed by atoms with Crippen LogP contribution in [0.3, 0.4) is 0 Å². The number of aromatic nitrogens is 2. The highest BCUT2D eigenvalue weighted by Gasteiger charge is 2.22. The van der Waals surface area contributed by atoms with Gasteiger partial charge in [0.1, 0.15) is 11.6 Å². The lowest BCUT2D eigenvalue weighted by molar-refractivity contribution is 0.413. The molecule has 3 rings (SSSR count). The van der Waals surface area contributed by atoms with Crippen LogP contribution in [0, 0.1) is 0 Å². The molecule has 1 aromatic carbocycles. The fourth-order valence-corrected chi connectivity index (χ4v) is 3.23. The highest BCUT2D eigenvalue weighted by Crippen LogP contribution is 2.29. The summed E-state index contributed by atoms with van der Waals surface area (Å²) in [6.07, 6.45) is 3.37. The van der Waals surface area contributed by atoms with Gasteiger partial charge in [-0.2, -0.15) is 10.1 Å². The summed E-state index contributed by atoms with van der Waals surface area (Å²) in [6.45, 7) is 3.37. The fourth-order valence-electron chi connectivity index (χ4n) is 3.18. The summed E-state index contributed by atoms with van der Waals surface area (Å²) in [5.41, 5.74) is 9.83. The maximum Gasteiger partial charge on any atom is 0.227 e. The van der Waals surface area contributed by atoms with Crippen LogP contribution in [-0.4, -0.2) is 68.7 Å². The van der Waals surface area contributed by atoms with Crippen molar-refractivity contribution >= 4 is 41.0 Å². The highest BCUT2D eigenvalue weighted by molar-refractivity contribution is 7.80. The zero-order chi connectivity index (χ0) is 20.8. The zero-order valence-electron chi connectivity index (χ0n) is 16.9. The summed E-state index contributed by atoms with van der Waals surface area (Å²) in [7, 11) is 5.57. The maximum absolute atomic E-state index is 5.49. The van der Waals surface area contributed by atoms with E-state index in [4.69, 9.17) is 27.7 Å². The molecule has 2 aromatic rings. The van der Waals surface area contributed by atoms with Crippen LogP contribution in [0.25, 0.3) is 0 Å². The molecule has 154 valence electrons. The number of piperazine rings is 1. The van der Waals surface area contributed by atoms with Gasteiger partial charge in [0.2, 0.25) is 5.95 Å². The summed E-state index contributed by atoms with van der Waals surface area (Å²) in [4.78, 5) is 15.7. The molecule has 0 bridgehead atoms. The number of methoxy groups -OCH3 is 1. The molecule has 0 radical (unpaired) electrons. The summed E-state index contributed by atoms with van der Waals surface area (Å²) in [5.74, 6) is 2.37. The van der Waals surface area contributed by atoms with E-state index < -0.39 is 0 Å². The van der Waals surface area contributed by atoms with Crippen molar-refractivity contribution in [3.63, 3.8) is 0 Å². The number of benzene rings is 1. The molecule has 2 heterocycles. The van der Waals surface area contributed by atoms with Crippen molar-refractivity contribution in [3.8, 4) is 5.75 Å². The molecule has 0 aliphatic carbocycles. The third-order valence-electron chi connectivity index (χ3n) is 4.57. The topological polar surface area (TPSA) is 95.1 Å². The van der Waals surface area contributed by atoms with Gasteiger partial charge >= 0.3 is 0 Å². The first-order valence-corrected chi connectivity index (χ1v) is 9.66. The van der Waals surface area contributed by atoms with Gasteiger partial charge in [0, 0.05) is 46.5 Å². The lowest BCUT2D eigenvalue weighted by atomic mass is 10.2. The first-order chi connectivity index (χ1) is 14.0. The first kappa shape index (κ1) is 20.6. The molecule has 0 unspecified atom stereocenters. The Hall–Kier alpha value is -3.14. The number of nitrogens with one attached hydrogen (secondary N) is 1. The molecule has 0 atom stereocenters. The first-order valence-electron chi connectivity index (χ1n) is 9.25. The van der Waals surface area contributed by atoms with Crippen LogP contribution >= 0.6 is 12.2 Å². The predicted molar refractivity (Wildman–Crippen MR) is 121 cm³/mol. The van der Waals surface area contributed by atoms with Crippen LogP contribution in [0.1, 0.15) is 5.56 Å². The summed E-state index contributed by atoms with van der Waals surface area (Å²) >= 11 is 4.75. The van der Waals surface area contributed by atoms with Gasteiger partial charge in [-0.25, -0.2) is 4.98 Å². The third kappa shape index (κ3) is 5.02. The second kappa shape index (κ2) is 9.37. The zero-order valence-corrected chi connectivity index (χ0v) is 17.7. The lowest BCUT2D eigenvalue weighted by Gasteiger charge is -2.36. The molecular formula is C19H26N8OS. The number of nitrogens with two attached hydrogens (primary N) is 1. The standard InChI is InChI=1S/C19H26N8OS/c1-25(2)17-14(13-22-24-18(20)29)12-21-19(23-17)27-10-8-26(9-11-27)15-6-4-5-7-16(15)28-3/h4-7,12-13H,8-11H2,1-3H3,(H3,20,24,29)/b22-13+. The largest absolute Gasteiger partial charge is 0.495 e. The number of hydrazone groups is 1. The van der Waals surface area contributed by atoms with Crippen molar-refractivity contribution < 1.29 is 4.74 Å². The fraction of sp³-hybridized carbons (Fsp3) is 0.368. The Morgan fingerprint density at radius 2 is 1.93 bits per heavy atom. The SMILES string of the molecule is COc1ccccc1N1CCN(c2ncc(/C=N/NC(N)=S)c(N(C)C)n2)CC1. The van der Waals surface area contributed by atoms with Crippen molar-refractivity contribution in [2.75, 3.05) is 62.1 Å². The van der Waals surface area contributed by atoms with Gasteiger partial charge in [0.15, 0.2) is 5.11 Å². The minimum absolute atomic E-state index is 0.109. The number of para-hydroxylation sites is 2. The van der Waals surface area contributed by atoms with E-state index in [2.05, 4.69) is 31.4 Å². The summed E-state index contributed by atoms with van der Waals surface area (Å²) in [5, 5.41) is 4.12. The Bertz CT molecular complexity index is 880. The van der Waals surface area contributed by atoms with Crippen LogP contribution in [0.4, 0.5) is 17.5 Å². The van der Waals surface area contributed by atoms with Gasteiger partial charge in [-0.15, -0.1) is 0 Å². The predicted octanol–water partition coefficient (Wildman–Crippen LogP) is 1.04. The monoisotopic (exact) mass is 414 g/mol. The maximum atomic E-state index is 5.49. The minimum Gasteiger partial charge on any atom is -0.495 e.